The largest absolute Gasteiger partial charge is 0.351 e. The van der Waals surface area contributed by atoms with Crippen LogP contribution in [0.3, 0.4) is 0 Å². The average molecular weight is 394 g/mol. The van der Waals surface area contributed by atoms with Gasteiger partial charge in [0.2, 0.25) is 5.91 Å². The number of aromatic nitrogens is 1. The van der Waals surface area contributed by atoms with E-state index in [9.17, 15) is 9.59 Å². The highest BCUT2D eigenvalue weighted by atomic mass is 35.5. The Morgan fingerprint density at radius 2 is 1.86 bits per heavy atom. The van der Waals surface area contributed by atoms with Gasteiger partial charge in [-0.15, -0.1) is 0 Å². The molecule has 2 aliphatic heterocycles. The van der Waals surface area contributed by atoms with E-state index in [0.717, 1.165) is 35.0 Å². The first-order chi connectivity index (χ1) is 13.6. The van der Waals surface area contributed by atoms with Crippen molar-refractivity contribution >= 4 is 40.0 Å². The van der Waals surface area contributed by atoms with Crippen LogP contribution < -0.4 is 4.90 Å². The molecule has 0 aliphatic carbocycles. The van der Waals surface area contributed by atoms with Crippen molar-refractivity contribution in [3.8, 4) is 0 Å². The number of rotatable bonds is 2. The first-order valence-corrected chi connectivity index (χ1v) is 9.95. The van der Waals surface area contributed by atoms with Crippen molar-refractivity contribution in [3.05, 3.63) is 64.8 Å². The number of nitrogens with one attached hydrogen (secondary N) is 1. The summed E-state index contributed by atoms with van der Waals surface area (Å²) in [6.45, 7) is 1.29. The number of hydrogen-bond donors (Lipinski definition) is 1. The Morgan fingerprint density at radius 1 is 1.07 bits per heavy atom. The highest BCUT2D eigenvalue weighted by molar-refractivity contribution is 6.31. The number of likely N-dealkylation sites (tertiary alicyclic amines) is 1. The Hall–Kier alpha value is -2.79. The van der Waals surface area contributed by atoms with Crippen molar-refractivity contribution in [1.29, 1.82) is 0 Å². The number of anilines is 1. The average Bonchev–Trinajstić information content (AvgIpc) is 3.27. The minimum Gasteiger partial charge on any atom is -0.351 e. The molecule has 1 N–H and O–H groups in total. The van der Waals surface area contributed by atoms with Crippen molar-refractivity contribution < 1.29 is 9.59 Å². The normalized spacial score (nSPS) is 17.4. The van der Waals surface area contributed by atoms with E-state index in [1.165, 1.54) is 0 Å². The van der Waals surface area contributed by atoms with E-state index in [4.69, 9.17) is 11.6 Å². The predicted octanol–water partition coefficient (Wildman–Crippen LogP) is 4.02. The number of hydrogen-bond acceptors (Lipinski definition) is 2. The van der Waals surface area contributed by atoms with Crippen molar-refractivity contribution in [3.63, 3.8) is 0 Å². The van der Waals surface area contributed by atoms with Crippen molar-refractivity contribution in [2.75, 3.05) is 18.0 Å². The lowest BCUT2D eigenvalue weighted by Gasteiger charge is -2.36. The van der Waals surface area contributed by atoms with Gasteiger partial charge in [0, 0.05) is 40.7 Å². The highest BCUT2D eigenvalue weighted by Crippen LogP contribution is 2.33. The number of piperidine rings is 1. The molecule has 0 unspecified atom stereocenters. The molecule has 3 heterocycles. The van der Waals surface area contributed by atoms with E-state index < -0.39 is 0 Å². The summed E-state index contributed by atoms with van der Waals surface area (Å²) in [6, 6.07) is 15.6. The Labute approximate surface area is 167 Å². The molecule has 28 heavy (non-hydrogen) atoms. The van der Waals surface area contributed by atoms with Crippen LogP contribution >= 0.6 is 11.6 Å². The molecule has 0 radical (unpaired) electrons. The van der Waals surface area contributed by atoms with Gasteiger partial charge in [0.25, 0.3) is 5.91 Å². The summed E-state index contributed by atoms with van der Waals surface area (Å²) < 4.78 is 0. The lowest BCUT2D eigenvalue weighted by molar-refractivity contribution is -0.118. The third-order valence-corrected chi connectivity index (χ3v) is 6.03. The lowest BCUT2D eigenvalue weighted by Crippen LogP contribution is -2.48. The van der Waals surface area contributed by atoms with E-state index in [0.29, 0.717) is 30.2 Å². The van der Waals surface area contributed by atoms with Gasteiger partial charge in [0.05, 0.1) is 6.42 Å². The second-order valence-corrected chi connectivity index (χ2v) is 7.94. The third kappa shape index (κ3) is 2.87. The number of amides is 2. The fraction of sp³-hybridized carbons (Fsp3) is 0.273. The Kier molecular flexibility index (Phi) is 4.13. The fourth-order valence-electron chi connectivity index (χ4n) is 4.39. The topological polar surface area (TPSA) is 56.4 Å². The number of carbonyl (C=O) groups excluding carboxylic acids is 2. The van der Waals surface area contributed by atoms with Crippen LogP contribution in [0.5, 0.6) is 0 Å². The number of aromatic amines is 1. The minimum atomic E-state index is -0.000999. The number of para-hydroxylation sites is 1. The maximum absolute atomic E-state index is 12.9. The van der Waals surface area contributed by atoms with Crippen molar-refractivity contribution in [2.45, 2.75) is 25.3 Å². The Bertz CT molecular complexity index is 1080. The van der Waals surface area contributed by atoms with E-state index in [1.807, 2.05) is 58.3 Å². The molecule has 2 aliphatic rings. The zero-order valence-corrected chi connectivity index (χ0v) is 16.1. The van der Waals surface area contributed by atoms with Crippen LogP contribution in [0.2, 0.25) is 5.02 Å². The molecule has 0 saturated carbocycles. The van der Waals surface area contributed by atoms with Crippen LogP contribution in [0.15, 0.2) is 48.5 Å². The van der Waals surface area contributed by atoms with Gasteiger partial charge in [0.15, 0.2) is 0 Å². The first kappa shape index (κ1) is 17.3. The maximum Gasteiger partial charge on any atom is 0.270 e. The fourth-order valence-corrected chi connectivity index (χ4v) is 4.57. The Balaban J connectivity index is 1.30. The molecule has 142 valence electrons. The predicted molar refractivity (Wildman–Crippen MR) is 110 cm³/mol. The van der Waals surface area contributed by atoms with Gasteiger partial charge in [-0.25, -0.2) is 0 Å². The van der Waals surface area contributed by atoms with Gasteiger partial charge in [0.1, 0.15) is 5.69 Å². The van der Waals surface area contributed by atoms with Crippen molar-refractivity contribution in [2.24, 2.45) is 0 Å². The summed E-state index contributed by atoms with van der Waals surface area (Å²) in [4.78, 5) is 32.5. The van der Waals surface area contributed by atoms with E-state index in [2.05, 4.69) is 4.98 Å². The molecule has 0 atom stereocenters. The van der Waals surface area contributed by atoms with Gasteiger partial charge in [-0.2, -0.15) is 0 Å². The molecule has 5 nitrogen and oxygen atoms in total. The smallest absolute Gasteiger partial charge is 0.270 e. The lowest BCUT2D eigenvalue weighted by atomic mass is 10.0. The van der Waals surface area contributed by atoms with Crippen LogP contribution in [-0.4, -0.2) is 40.8 Å². The van der Waals surface area contributed by atoms with Crippen molar-refractivity contribution in [1.82, 2.24) is 9.88 Å². The Morgan fingerprint density at radius 3 is 2.68 bits per heavy atom. The number of nitrogens with zero attached hydrogens (tertiary/aromatic N) is 2. The van der Waals surface area contributed by atoms with Crippen LogP contribution in [0.1, 0.15) is 28.9 Å². The number of carbonyl (C=O) groups is 2. The first-order valence-electron chi connectivity index (χ1n) is 9.58. The molecule has 1 fully saturated rings. The zero-order chi connectivity index (χ0) is 19.3. The molecule has 6 heteroatoms. The number of benzene rings is 2. The monoisotopic (exact) mass is 393 g/mol. The standard InChI is InChI=1S/C22H20ClN3O2/c23-16-5-6-18-15(11-16)12-19(24-18)22(28)25-9-7-17(8-10-25)26-20-4-2-1-3-14(20)13-21(26)27/h1-6,11-12,17,24H,7-10,13H2. The summed E-state index contributed by atoms with van der Waals surface area (Å²) in [5, 5.41) is 1.59. The van der Waals surface area contributed by atoms with Crippen LogP contribution in [0.4, 0.5) is 5.69 Å². The molecule has 1 saturated heterocycles. The minimum absolute atomic E-state index is 0.000999. The maximum atomic E-state index is 12.9. The molecule has 2 aromatic carbocycles. The number of halogens is 1. The molecule has 0 bridgehead atoms. The number of fused-ring (bicyclic) bond motifs is 2. The van der Waals surface area contributed by atoms with Crippen LogP contribution in [0.25, 0.3) is 10.9 Å². The highest BCUT2D eigenvalue weighted by Gasteiger charge is 2.35. The van der Waals surface area contributed by atoms with Gasteiger partial charge < -0.3 is 14.8 Å². The summed E-state index contributed by atoms with van der Waals surface area (Å²) in [5.41, 5.74) is 3.62. The summed E-state index contributed by atoms with van der Waals surface area (Å²) in [6.07, 6.45) is 2.06. The van der Waals surface area contributed by atoms with E-state index in [-0.39, 0.29) is 17.9 Å². The van der Waals surface area contributed by atoms with Crippen LogP contribution in [0, 0.1) is 0 Å². The van der Waals surface area contributed by atoms with Gasteiger partial charge in [-0.3, -0.25) is 9.59 Å². The molecular weight excluding hydrogens is 374 g/mol. The number of H-pyrrole nitrogens is 1. The zero-order valence-electron chi connectivity index (χ0n) is 15.3. The summed E-state index contributed by atoms with van der Waals surface area (Å²) in [5.74, 6) is 0.164. The third-order valence-electron chi connectivity index (χ3n) is 5.79. The second-order valence-electron chi connectivity index (χ2n) is 7.51. The van der Waals surface area contributed by atoms with Crippen LogP contribution in [-0.2, 0) is 11.2 Å². The SMILES string of the molecule is O=C(c1cc2cc(Cl)ccc2[nH]1)N1CCC(N2C(=O)Cc3ccccc32)CC1. The van der Waals surface area contributed by atoms with E-state index in [1.54, 1.807) is 0 Å². The quantitative estimate of drug-likeness (QED) is 0.715. The molecule has 5 rings (SSSR count). The molecule has 1 aromatic heterocycles. The molecule has 3 aromatic rings. The molecule has 0 spiro atoms. The van der Waals surface area contributed by atoms with Gasteiger partial charge >= 0.3 is 0 Å². The molecule has 2 amide bonds. The second kappa shape index (κ2) is 6.67. The van der Waals surface area contributed by atoms with Gasteiger partial charge in [-0.05, 0) is 48.7 Å². The molecular formula is C22H20ClN3O2. The van der Waals surface area contributed by atoms with Gasteiger partial charge in [-0.1, -0.05) is 29.8 Å². The van der Waals surface area contributed by atoms with E-state index >= 15 is 0 Å². The summed E-state index contributed by atoms with van der Waals surface area (Å²) >= 11 is 6.04. The summed E-state index contributed by atoms with van der Waals surface area (Å²) in [7, 11) is 0.